The normalized spacial score (nSPS) is 11.5. The first-order chi connectivity index (χ1) is 9.46. The molecule has 20 heavy (non-hydrogen) atoms. The van der Waals surface area contributed by atoms with Crippen LogP contribution in [0.2, 0.25) is 0 Å². The smallest absolute Gasteiger partial charge is 0.235 e. The molecule has 8 heteroatoms. The Morgan fingerprint density at radius 1 is 1.25 bits per heavy atom. The van der Waals surface area contributed by atoms with Gasteiger partial charge in [0.2, 0.25) is 5.95 Å². The number of anilines is 1. The summed E-state index contributed by atoms with van der Waals surface area (Å²) in [5, 5.41) is 3.14. The van der Waals surface area contributed by atoms with Crippen LogP contribution >= 0.6 is 23.3 Å². The predicted molar refractivity (Wildman–Crippen MR) is 84.0 cm³/mol. The van der Waals surface area contributed by atoms with E-state index in [4.69, 9.17) is 0 Å². The lowest BCUT2D eigenvalue weighted by Gasteiger charge is -2.04. The number of sulfone groups is 1. The summed E-state index contributed by atoms with van der Waals surface area (Å²) in [6, 6.07) is 7.49. The topological polar surface area (TPSA) is 72.0 Å². The third kappa shape index (κ3) is 4.77. The van der Waals surface area contributed by atoms with Gasteiger partial charge in [-0.25, -0.2) is 8.42 Å². The first-order valence-corrected chi connectivity index (χ1v) is 9.89. The van der Waals surface area contributed by atoms with Crippen molar-refractivity contribution < 1.29 is 8.42 Å². The van der Waals surface area contributed by atoms with Crippen LogP contribution in [0.3, 0.4) is 0 Å². The van der Waals surface area contributed by atoms with Crippen LogP contribution in [0, 0.1) is 0 Å². The van der Waals surface area contributed by atoms with E-state index >= 15 is 0 Å². The van der Waals surface area contributed by atoms with Crippen molar-refractivity contribution in [2.24, 2.45) is 0 Å². The van der Waals surface area contributed by atoms with Gasteiger partial charge in [0.25, 0.3) is 0 Å². The van der Waals surface area contributed by atoms with Gasteiger partial charge in [0.05, 0.1) is 5.75 Å². The molecular weight excluding hydrogens is 314 g/mol. The Bertz CT molecular complexity index is 666. The monoisotopic (exact) mass is 329 g/mol. The van der Waals surface area contributed by atoms with E-state index in [1.54, 1.807) is 11.8 Å². The summed E-state index contributed by atoms with van der Waals surface area (Å²) >= 11 is 2.93. The summed E-state index contributed by atoms with van der Waals surface area (Å²) in [5.41, 5.74) is 1.86. The van der Waals surface area contributed by atoms with Gasteiger partial charge < -0.3 is 5.32 Å². The summed E-state index contributed by atoms with van der Waals surface area (Å²) in [6.45, 7) is 0.615. The van der Waals surface area contributed by atoms with Gasteiger partial charge in [-0.1, -0.05) is 36.0 Å². The molecule has 0 saturated heterocycles. The summed E-state index contributed by atoms with van der Waals surface area (Å²) in [5.74, 6) is 0.699. The Morgan fingerprint density at radius 2 is 1.90 bits per heavy atom. The number of benzene rings is 1. The first kappa shape index (κ1) is 15.3. The Hall–Kier alpha value is -1.12. The minimum absolute atomic E-state index is 0.0748. The number of aromatic nitrogens is 2. The molecule has 1 N–H and O–H groups in total. The highest BCUT2D eigenvalue weighted by Crippen LogP contribution is 2.19. The van der Waals surface area contributed by atoms with Gasteiger partial charge >= 0.3 is 0 Å². The molecule has 2 rings (SSSR count). The fourth-order valence-corrected chi connectivity index (χ4v) is 3.38. The molecule has 1 heterocycles. The maximum absolute atomic E-state index is 11.2. The fraction of sp³-hybridized carbons (Fsp3) is 0.333. The molecule has 0 atom stereocenters. The van der Waals surface area contributed by atoms with Crippen LogP contribution in [0.5, 0.6) is 0 Å². The average molecular weight is 329 g/mol. The lowest BCUT2D eigenvalue weighted by Crippen LogP contribution is -2.03. The zero-order valence-corrected chi connectivity index (χ0v) is 13.6. The summed E-state index contributed by atoms with van der Waals surface area (Å²) < 4.78 is 27.5. The third-order valence-corrected chi connectivity index (χ3v) is 5.02. The van der Waals surface area contributed by atoms with Gasteiger partial charge in [-0.05, 0) is 28.9 Å². The van der Waals surface area contributed by atoms with Crippen LogP contribution < -0.4 is 5.32 Å². The third-order valence-electron chi connectivity index (χ3n) is 2.48. The van der Waals surface area contributed by atoms with Crippen molar-refractivity contribution in [2.75, 3.05) is 17.8 Å². The van der Waals surface area contributed by atoms with Crippen LogP contribution in [-0.4, -0.2) is 30.3 Å². The molecule has 0 fully saturated rings. The van der Waals surface area contributed by atoms with Gasteiger partial charge in [-0.15, -0.1) is 0 Å². The quantitative estimate of drug-likeness (QED) is 0.821. The molecule has 1 aromatic heterocycles. The highest BCUT2D eigenvalue weighted by molar-refractivity contribution is 8.00. The molecular formula is C12H15N3O2S3. The molecule has 0 spiro atoms. The van der Waals surface area contributed by atoms with E-state index < -0.39 is 9.84 Å². The van der Waals surface area contributed by atoms with E-state index in [2.05, 4.69) is 14.7 Å². The van der Waals surface area contributed by atoms with E-state index in [-0.39, 0.29) is 5.75 Å². The number of thioether (sulfide) groups is 1. The van der Waals surface area contributed by atoms with E-state index in [1.807, 2.05) is 30.5 Å². The largest absolute Gasteiger partial charge is 0.349 e. The number of nitrogens with one attached hydrogen (secondary N) is 1. The van der Waals surface area contributed by atoms with Crippen molar-refractivity contribution in [3.63, 3.8) is 0 Å². The van der Waals surface area contributed by atoms with Gasteiger partial charge in [-0.3, -0.25) is 0 Å². The lowest BCUT2D eigenvalue weighted by molar-refractivity contribution is 0.601. The Labute approximate surface area is 126 Å². The van der Waals surface area contributed by atoms with Crippen molar-refractivity contribution in [2.45, 2.75) is 16.6 Å². The van der Waals surface area contributed by atoms with E-state index in [0.29, 0.717) is 12.5 Å². The second-order valence-corrected chi connectivity index (χ2v) is 8.27. The molecule has 108 valence electrons. The predicted octanol–water partition coefficient (Wildman–Crippen LogP) is 2.42. The summed E-state index contributed by atoms with van der Waals surface area (Å²) in [6.07, 6.45) is 3.20. The summed E-state index contributed by atoms with van der Waals surface area (Å²) in [7, 11) is -2.98. The van der Waals surface area contributed by atoms with Crippen LogP contribution in [0.4, 0.5) is 5.95 Å². The van der Waals surface area contributed by atoms with Crippen LogP contribution in [0.15, 0.2) is 28.6 Å². The number of rotatable bonds is 6. The Morgan fingerprint density at radius 3 is 2.45 bits per heavy atom. The van der Waals surface area contributed by atoms with Crippen molar-refractivity contribution >= 4 is 39.1 Å². The van der Waals surface area contributed by atoms with Crippen LogP contribution in [-0.2, 0) is 22.1 Å². The van der Waals surface area contributed by atoms with Crippen LogP contribution in [0.25, 0.3) is 0 Å². The van der Waals surface area contributed by atoms with Crippen molar-refractivity contribution in [3.05, 3.63) is 35.4 Å². The Balaban J connectivity index is 1.93. The average Bonchev–Trinajstić information content (AvgIpc) is 2.84. The highest BCUT2D eigenvalue weighted by Gasteiger charge is 2.05. The van der Waals surface area contributed by atoms with Gasteiger partial charge in [0.15, 0.2) is 14.2 Å². The minimum Gasteiger partial charge on any atom is -0.349 e. The molecule has 2 aromatic rings. The maximum Gasteiger partial charge on any atom is 0.235 e. The molecule has 0 amide bonds. The maximum atomic E-state index is 11.2. The molecule has 5 nitrogen and oxygen atoms in total. The SMILES string of the molecule is CSc1nc(NCc2ccc(CS(C)(=O)=O)cc2)ns1. The standard InChI is InChI=1S/C12H15N3O2S3/c1-18-12-14-11(15-19-12)13-7-9-3-5-10(6-4-9)8-20(2,16)17/h3-6H,7-8H2,1-2H3,(H,13,15). The van der Waals surface area contributed by atoms with E-state index in [9.17, 15) is 8.42 Å². The van der Waals surface area contributed by atoms with Gasteiger partial charge in [0, 0.05) is 12.8 Å². The number of hydrogen-bond acceptors (Lipinski definition) is 7. The van der Waals surface area contributed by atoms with E-state index in [0.717, 1.165) is 15.5 Å². The van der Waals surface area contributed by atoms with Crippen molar-refractivity contribution in [1.29, 1.82) is 0 Å². The highest BCUT2D eigenvalue weighted by atomic mass is 32.2. The molecule has 0 bridgehead atoms. The van der Waals surface area contributed by atoms with Crippen LogP contribution in [0.1, 0.15) is 11.1 Å². The Kier molecular flexibility index (Phi) is 5.00. The lowest BCUT2D eigenvalue weighted by atomic mass is 10.1. The zero-order valence-electron chi connectivity index (χ0n) is 11.2. The number of nitrogens with zero attached hydrogens (tertiary/aromatic N) is 2. The summed E-state index contributed by atoms with van der Waals surface area (Å²) in [4.78, 5) is 4.29. The molecule has 0 unspecified atom stereocenters. The van der Waals surface area contributed by atoms with Crippen molar-refractivity contribution in [3.8, 4) is 0 Å². The van der Waals surface area contributed by atoms with Gasteiger partial charge in [0.1, 0.15) is 0 Å². The minimum atomic E-state index is -2.98. The molecule has 0 radical (unpaired) electrons. The number of hydrogen-bond donors (Lipinski definition) is 1. The second kappa shape index (κ2) is 6.55. The first-order valence-electron chi connectivity index (χ1n) is 5.83. The van der Waals surface area contributed by atoms with Gasteiger partial charge in [-0.2, -0.15) is 9.36 Å². The molecule has 1 aromatic carbocycles. The molecule has 0 aliphatic heterocycles. The molecule has 0 saturated carbocycles. The molecule has 0 aliphatic carbocycles. The fourth-order valence-electron chi connectivity index (χ4n) is 1.60. The second-order valence-electron chi connectivity index (χ2n) is 4.33. The van der Waals surface area contributed by atoms with Crippen molar-refractivity contribution in [1.82, 2.24) is 9.36 Å². The van der Waals surface area contributed by atoms with E-state index in [1.165, 1.54) is 17.8 Å². The molecule has 0 aliphatic rings. The zero-order chi connectivity index (χ0) is 14.6.